The van der Waals surface area contributed by atoms with Gasteiger partial charge in [0.2, 0.25) is 0 Å². The van der Waals surface area contributed by atoms with Crippen molar-refractivity contribution in [2.24, 2.45) is 5.92 Å². The average Bonchev–Trinajstić information content (AvgIpc) is 2.95. The summed E-state index contributed by atoms with van der Waals surface area (Å²) in [6.07, 6.45) is 6.64. The van der Waals surface area contributed by atoms with E-state index in [0.29, 0.717) is 0 Å². The molecule has 0 spiro atoms. The second kappa shape index (κ2) is 4.96. The lowest BCUT2D eigenvalue weighted by Crippen LogP contribution is -2.20. The fraction of sp³-hybridized carbons (Fsp3) is 0.583. The predicted molar refractivity (Wildman–Crippen MR) is 71.8 cm³/mol. The molecule has 1 atom stereocenters. The lowest BCUT2D eigenvalue weighted by molar-refractivity contribution is 0.312. The molecule has 1 saturated heterocycles. The van der Waals surface area contributed by atoms with Crippen LogP contribution in [0.25, 0.3) is 4.96 Å². The Morgan fingerprint density at radius 2 is 2.47 bits per heavy atom. The summed E-state index contributed by atoms with van der Waals surface area (Å²) in [4.78, 5) is 8.20. The van der Waals surface area contributed by atoms with Crippen LogP contribution in [0, 0.1) is 5.92 Å². The number of imidazole rings is 1. The van der Waals surface area contributed by atoms with Crippen molar-refractivity contribution in [2.75, 3.05) is 19.0 Å². The zero-order valence-corrected chi connectivity index (χ0v) is 11.3. The summed E-state index contributed by atoms with van der Waals surface area (Å²) in [7, 11) is 0. The van der Waals surface area contributed by atoms with Crippen molar-refractivity contribution in [1.29, 1.82) is 0 Å². The molecule has 1 aliphatic heterocycles. The van der Waals surface area contributed by atoms with Crippen LogP contribution < -0.4 is 0 Å². The third kappa shape index (κ3) is 2.49. The maximum atomic E-state index is 5.80. The van der Waals surface area contributed by atoms with Gasteiger partial charge in [0.25, 0.3) is 0 Å². The number of hydrogen-bond acceptors (Lipinski definition) is 3. The van der Waals surface area contributed by atoms with Crippen LogP contribution in [0.1, 0.15) is 18.5 Å². The Hall–Kier alpha value is -0.580. The van der Waals surface area contributed by atoms with Gasteiger partial charge in [0.05, 0.1) is 5.69 Å². The van der Waals surface area contributed by atoms with Gasteiger partial charge in [-0.2, -0.15) is 0 Å². The first-order chi connectivity index (χ1) is 8.35. The summed E-state index contributed by atoms with van der Waals surface area (Å²) in [6.45, 7) is 3.35. The van der Waals surface area contributed by atoms with Gasteiger partial charge < -0.3 is 0 Å². The number of rotatable bonds is 4. The van der Waals surface area contributed by atoms with E-state index in [2.05, 4.69) is 32.1 Å². The number of hydrogen-bond donors (Lipinski definition) is 0. The SMILES string of the molecule is ClCCC1CCN(Cc2cn3ccsc3n2)C1. The first-order valence-electron chi connectivity index (χ1n) is 6.04. The second-order valence-corrected chi connectivity index (χ2v) is 5.94. The second-order valence-electron chi connectivity index (χ2n) is 4.69. The van der Waals surface area contributed by atoms with E-state index >= 15 is 0 Å². The van der Waals surface area contributed by atoms with Crippen LogP contribution in [-0.4, -0.2) is 33.3 Å². The van der Waals surface area contributed by atoms with Gasteiger partial charge in [-0.1, -0.05) is 0 Å². The molecule has 0 saturated carbocycles. The highest BCUT2D eigenvalue weighted by Crippen LogP contribution is 2.22. The number of thiazole rings is 1. The van der Waals surface area contributed by atoms with E-state index in [1.807, 2.05) is 0 Å². The van der Waals surface area contributed by atoms with Gasteiger partial charge in [-0.05, 0) is 25.3 Å². The lowest BCUT2D eigenvalue weighted by atomic mass is 10.1. The third-order valence-electron chi connectivity index (χ3n) is 3.42. The Morgan fingerprint density at radius 1 is 1.53 bits per heavy atom. The van der Waals surface area contributed by atoms with Crippen LogP contribution in [-0.2, 0) is 6.54 Å². The van der Waals surface area contributed by atoms with Gasteiger partial charge in [0.1, 0.15) is 0 Å². The number of likely N-dealkylation sites (tertiary alicyclic amines) is 1. The van der Waals surface area contributed by atoms with Crippen LogP contribution in [0.2, 0.25) is 0 Å². The molecule has 92 valence electrons. The molecule has 0 aliphatic carbocycles. The normalized spacial score (nSPS) is 21.6. The van der Waals surface area contributed by atoms with E-state index in [-0.39, 0.29) is 0 Å². The van der Waals surface area contributed by atoms with Gasteiger partial charge in [0.15, 0.2) is 4.96 Å². The van der Waals surface area contributed by atoms with Crippen LogP contribution >= 0.6 is 22.9 Å². The Morgan fingerprint density at radius 3 is 3.29 bits per heavy atom. The van der Waals surface area contributed by atoms with Crippen molar-refractivity contribution in [3.63, 3.8) is 0 Å². The maximum Gasteiger partial charge on any atom is 0.193 e. The van der Waals surface area contributed by atoms with Crippen molar-refractivity contribution in [3.8, 4) is 0 Å². The molecule has 1 unspecified atom stereocenters. The number of alkyl halides is 1. The molecule has 0 bridgehead atoms. The Labute approximate surface area is 110 Å². The summed E-state index contributed by atoms with van der Waals surface area (Å²) in [6, 6.07) is 0. The van der Waals surface area contributed by atoms with E-state index in [9.17, 15) is 0 Å². The molecule has 2 aromatic heterocycles. The zero-order chi connectivity index (χ0) is 11.7. The molecule has 3 nitrogen and oxygen atoms in total. The first kappa shape index (κ1) is 11.5. The predicted octanol–water partition coefficient (Wildman–Crippen LogP) is 2.85. The minimum atomic E-state index is 0.788. The summed E-state index contributed by atoms with van der Waals surface area (Å²) in [5.41, 5.74) is 1.18. The third-order valence-corrected chi connectivity index (χ3v) is 4.41. The quantitative estimate of drug-likeness (QED) is 0.796. The van der Waals surface area contributed by atoms with Crippen LogP contribution in [0.5, 0.6) is 0 Å². The van der Waals surface area contributed by atoms with Gasteiger partial charge in [0, 0.05) is 36.7 Å². The smallest absolute Gasteiger partial charge is 0.193 e. The molecular formula is C12H16ClN3S. The summed E-state index contributed by atoms with van der Waals surface area (Å²) in [5, 5.41) is 2.07. The molecule has 1 aliphatic rings. The molecular weight excluding hydrogens is 254 g/mol. The molecule has 17 heavy (non-hydrogen) atoms. The van der Waals surface area contributed by atoms with Gasteiger partial charge in [-0.3, -0.25) is 9.30 Å². The van der Waals surface area contributed by atoms with E-state index in [0.717, 1.165) is 29.7 Å². The maximum absolute atomic E-state index is 5.80. The molecule has 5 heteroatoms. The molecule has 3 rings (SSSR count). The average molecular weight is 270 g/mol. The topological polar surface area (TPSA) is 20.5 Å². The number of halogens is 1. The molecule has 0 radical (unpaired) electrons. The van der Waals surface area contributed by atoms with E-state index in [4.69, 9.17) is 11.6 Å². The van der Waals surface area contributed by atoms with Crippen molar-refractivity contribution < 1.29 is 0 Å². The monoisotopic (exact) mass is 269 g/mol. The highest BCUT2D eigenvalue weighted by Gasteiger charge is 2.22. The fourth-order valence-corrected chi connectivity index (χ4v) is 3.56. The van der Waals surface area contributed by atoms with Gasteiger partial charge in [-0.15, -0.1) is 22.9 Å². The number of aromatic nitrogens is 2. The van der Waals surface area contributed by atoms with Gasteiger partial charge >= 0.3 is 0 Å². The van der Waals surface area contributed by atoms with Crippen molar-refractivity contribution in [2.45, 2.75) is 19.4 Å². The number of nitrogens with zero attached hydrogens (tertiary/aromatic N) is 3. The highest BCUT2D eigenvalue weighted by molar-refractivity contribution is 7.15. The Bertz CT molecular complexity index is 464. The number of fused-ring (bicyclic) bond motifs is 1. The van der Waals surface area contributed by atoms with Crippen molar-refractivity contribution in [1.82, 2.24) is 14.3 Å². The van der Waals surface area contributed by atoms with Gasteiger partial charge in [-0.25, -0.2) is 4.98 Å². The van der Waals surface area contributed by atoms with E-state index < -0.39 is 0 Å². The van der Waals surface area contributed by atoms with E-state index in [1.165, 1.54) is 25.2 Å². The van der Waals surface area contributed by atoms with E-state index in [1.54, 1.807) is 11.3 Å². The molecule has 1 fully saturated rings. The fourth-order valence-electron chi connectivity index (χ4n) is 2.53. The highest BCUT2D eigenvalue weighted by atomic mass is 35.5. The minimum absolute atomic E-state index is 0.788. The molecule has 0 amide bonds. The first-order valence-corrected chi connectivity index (χ1v) is 7.46. The lowest BCUT2D eigenvalue weighted by Gasteiger charge is -2.13. The summed E-state index contributed by atoms with van der Waals surface area (Å²) >= 11 is 7.49. The van der Waals surface area contributed by atoms with Crippen LogP contribution in [0.4, 0.5) is 0 Å². The zero-order valence-electron chi connectivity index (χ0n) is 9.68. The summed E-state index contributed by atoms with van der Waals surface area (Å²) in [5.74, 6) is 1.58. The molecule has 2 aromatic rings. The molecule has 3 heterocycles. The molecule has 0 N–H and O–H groups in total. The standard InChI is InChI=1S/C12H16ClN3S/c13-3-1-10-2-4-15(7-10)8-11-9-16-5-6-17-12(16)14-11/h5-6,9-10H,1-4,7-8H2. The van der Waals surface area contributed by atoms with Crippen molar-refractivity contribution in [3.05, 3.63) is 23.5 Å². The van der Waals surface area contributed by atoms with Crippen LogP contribution in [0.15, 0.2) is 17.8 Å². The van der Waals surface area contributed by atoms with Crippen LogP contribution in [0.3, 0.4) is 0 Å². The minimum Gasteiger partial charge on any atom is -0.297 e. The molecule has 0 aromatic carbocycles. The Balaban J connectivity index is 1.62. The van der Waals surface area contributed by atoms with Crippen molar-refractivity contribution >= 4 is 27.9 Å². The Kier molecular flexibility index (Phi) is 3.36. The summed E-state index contributed by atoms with van der Waals surface area (Å²) < 4.78 is 2.10. The largest absolute Gasteiger partial charge is 0.297 e.